The molecule has 3 atom stereocenters. The van der Waals surface area contributed by atoms with Crippen molar-refractivity contribution in [1.29, 1.82) is 0 Å². The molecule has 33 heavy (non-hydrogen) atoms. The van der Waals surface area contributed by atoms with Gasteiger partial charge in [-0.2, -0.15) is 0 Å². The van der Waals surface area contributed by atoms with Gasteiger partial charge in [0.2, 0.25) is 0 Å². The van der Waals surface area contributed by atoms with E-state index in [0.29, 0.717) is 19.4 Å². The van der Waals surface area contributed by atoms with Gasteiger partial charge in [-0.1, -0.05) is 0 Å². The monoisotopic (exact) mass is 452 g/mol. The molecule has 1 aliphatic rings. The van der Waals surface area contributed by atoms with Gasteiger partial charge in [0.25, 0.3) is 0 Å². The highest BCUT2D eigenvalue weighted by Gasteiger charge is 2.34. The predicted octanol–water partition coefficient (Wildman–Crippen LogP) is 4.31. The Kier molecular flexibility index (Phi) is 7.62. The number of rotatable bonds is 10. The van der Waals surface area contributed by atoms with Gasteiger partial charge in [-0.3, -0.25) is 9.78 Å². The number of piperidine rings is 1. The summed E-state index contributed by atoms with van der Waals surface area (Å²) in [5, 5.41) is 21.7. The quantitative estimate of drug-likeness (QED) is 0.473. The number of fused-ring (bicyclic) bond motifs is 1. The smallest absolute Gasteiger partial charge is 0.308 e. The van der Waals surface area contributed by atoms with Crippen molar-refractivity contribution in [3.63, 3.8) is 0 Å². The molecule has 0 aliphatic carbocycles. The Morgan fingerprint density at radius 1 is 1.33 bits per heavy atom. The molecule has 176 valence electrons. The number of furan rings is 1. The van der Waals surface area contributed by atoms with Gasteiger partial charge >= 0.3 is 5.97 Å². The summed E-state index contributed by atoms with van der Waals surface area (Å²) >= 11 is 0. The van der Waals surface area contributed by atoms with E-state index in [0.717, 1.165) is 54.6 Å². The van der Waals surface area contributed by atoms with Gasteiger partial charge in [0.05, 0.1) is 37.2 Å². The van der Waals surface area contributed by atoms with Gasteiger partial charge in [-0.15, -0.1) is 0 Å². The molecular formula is C26H32N2O5. The van der Waals surface area contributed by atoms with Crippen LogP contribution >= 0.6 is 0 Å². The second-order valence-electron chi connectivity index (χ2n) is 8.91. The standard InChI is InChI=1S/C26H32N2O5/c1-32-20-5-6-24-22(15-20)21(8-11-27-24)25(29)7-4-19-9-13-28(16-23(19)26(30)31)12-2-3-18-10-14-33-17-18/h5-6,8,10-11,14-15,17,19,23,25,29H,2-4,7,9,12-13,16H2,1H3,(H,30,31)/t19-,23+,25-/m1/s1. The highest BCUT2D eigenvalue weighted by atomic mass is 16.5. The van der Waals surface area contributed by atoms with Gasteiger partial charge < -0.3 is 24.3 Å². The number of pyridine rings is 1. The third kappa shape index (κ3) is 5.72. The molecule has 1 aliphatic heterocycles. The van der Waals surface area contributed by atoms with Gasteiger partial charge in [0, 0.05) is 18.1 Å². The first-order valence-electron chi connectivity index (χ1n) is 11.6. The normalized spacial score (nSPS) is 20.1. The number of nitrogens with zero attached hydrogens (tertiary/aromatic N) is 2. The van der Waals surface area contributed by atoms with Crippen LogP contribution in [0.1, 0.15) is 42.9 Å². The van der Waals surface area contributed by atoms with Crippen molar-refractivity contribution >= 4 is 16.9 Å². The van der Waals surface area contributed by atoms with Crippen LogP contribution < -0.4 is 4.74 Å². The maximum absolute atomic E-state index is 12.0. The third-order valence-corrected chi connectivity index (χ3v) is 6.83. The number of ether oxygens (including phenoxy) is 1. The molecule has 4 rings (SSSR count). The molecule has 0 spiro atoms. The van der Waals surface area contributed by atoms with Crippen molar-refractivity contribution in [3.8, 4) is 5.75 Å². The number of carboxylic acid groups (broad SMARTS) is 1. The van der Waals surface area contributed by atoms with Crippen LogP contribution in [0.2, 0.25) is 0 Å². The first-order chi connectivity index (χ1) is 16.0. The zero-order valence-corrected chi connectivity index (χ0v) is 19.0. The van der Waals surface area contributed by atoms with E-state index in [4.69, 9.17) is 9.15 Å². The van der Waals surface area contributed by atoms with E-state index >= 15 is 0 Å². The molecule has 7 nitrogen and oxygen atoms in total. The molecule has 0 amide bonds. The fourth-order valence-corrected chi connectivity index (χ4v) is 4.93. The minimum atomic E-state index is -0.742. The molecule has 1 fully saturated rings. The van der Waals surface area contributed by atoms with Gasteiger partial charge in [-0.05, 0) is 92.6 Å². The number of hydrogen-bond donors (Lipinski definition) is 2. The lowest BCUT2D eigenvalue weighted by Gasteiger charge is -2.37. The SMILES string of the molecule is COc1ccc2nccc([C@H](O)CC[C@@H]3CCN(CCCc4ccoc4)C[C@@H]3C(=O)O)c2c1. The number of aliphatic hydroxyl groups is 1. The number of aryl methyl sites for hydroxylation is 1. The van der Waals surface area contributed by atoms with Gasteiger partial charge in [-0.25, -0.2) is 0 Å². The van der Waals surface area contributed by atoms with Gasteiger partial charge in [0.15, 0.2) is 0 Å². The maximum Gasteiger partial charge on any atom is 0.308 e. The van der Waals surface area contributed by atoms with Crippen molar-refractivity contribution in [3.05, 3.63) is 60.2 Å². The number of methoxy groups -OCH3 is 1. The predicted molar refractivity (Wildman–Crippen MR) is 125 cm³/mol. The van der Waals surface area contributed by atoms with Crippen LogP contribution in [-0.2, 0) is 11.2 Å². The van der Waals surface area contributed by atoms with Gasteiger partial charge in [0.1, 0.15) is 5.75 Å². The summed E-state index contributed by atoms with van der Waals surface area (Å²) in [6.45, 7) is 2.34. The summed E-state index contributed by atoms with van der Waals surface area (Å²) < 4.78 is 10.4. The van der Waals surface area contributed by atoms with Crippen LogP contribution in [0.5, 0.6) is 5.75 Å². The second kappa shape index (κ2) is 10.8. The lowest BCUT2D eigenvalue weighted by Crippen LogP contribution is -2.44. The zero-order valence-electron chi connectivity index (χ0n) is 19.0. The summed E-state index contributed by atoms with van der Waals surface area (Å²) in [4.78, 5) is 18.6. The van der Waals surface area contributed by atoms with Crippen molar-refractivity contribution in [1.82, 2.24) is 9.88 Å². The molecule has 0 saturated carbocycles. The maximum atomic E-state index is 12.0. The highest BCUT2D eigenvalue weighted by molar-refractivity contribution is 5.83. The fraction of sp³-hybridized carbons (Fsp3) is 0.462. The summed E-state index contributed by atoms with van der Waals surface area (Å²) in [5.41, 5.74) is 2.79. The van der Waals surface area contributed by atoms with Crippen molar-refractivity contribution in [2.24, 2.45) is 11.8 Å². The second-order valence-corrected chi connectivity index (χ2v) is 8.91. The minimum absolute atomic E-state index is 0.0601. The zero-order chi connectivity index (χ0) is 23.2. The number of carbonyl (C=O) groups is 1. The minimum Gasteiger partial charge on any atom is -0.497 e. The van der Waals surface area contributed by atoms with Crippen molar-refractivity contribution in [2.75, 3.05) is 26.7 Å². The molecule has 3 heterocycles. The fourth-order valence-electron chi connectivity index (χ4n) is 4.93. The first kappa shape index (κ1) is 23.3. The van der Waals surface area contributed by atoms with Crippen LogP contribution in [0, 0.1) is 11.8 Å². The lowest BCUT2D eigenvalue weighted by molar-refractivity contribution is -0.146. The number of likely N-dealkylation sites (tertiary alicyclic amines) is 1. The Labute approximate surface area is 194 Å². The summed E-state index contributed by atoms with van der Waals surface area (Å²) in [6, 6.07) is 9.44. The molecule has 0 bridgehead atoms. The Hall–Kier alpha value is -2.90. The molecule has 1 aromatic carbocycles. The van der Waals surface area contributed by atoms with E-state index < -0.39 is 18.0 Å². The molecule has 2 aromatic heterocycles. The highest BCUT2D eigenvalue weighted by Crippen LogP contribution is 2.33. The average molecular weight is 453 g/mol. The van der Waals surface area contributed by atoms with Crippen molar-refractivity contribution in [2.45, 2.75) is 38.2 Å². The molecule has 3 aromatic rings. The van der Waals surface area contributed by atoms with Crippen molar-refractivity contribution < 1.29 is 24.2 Å². The molecule has 7 heteroatoms. The molecule has 0 radical (unpaired) electrons. The van der Waals surface area contributed by atoms with E-state index in [-0.39, 0.29) is 5.92 Å². The summed E-state index contributed by atoms with van der Waals surface area (Å²) in [7, 11) is 1.61. The van der Waals surface area contributed by atoms with E-state index in [2.05, 4.69) is 9.88 Å². The topological polar surface area (TPSA) is 96.0 Å². The largest absolute Gasteiger partial charge is 0.497 e. The summed E-state index contributed by atoms with van der Waals surface area (Å²) in [5.74, 6) is -0.373. The van der Waals surface area contributed by atoms with E-state index in [1.54, 1.807) is 25.8 Å². The van der Waals surface area contributed by atoms with Crippen LogP contribution in [0.4, 0.5) is 0 Å². The van der Waals surface area contributed by atoms with E-state index in [9.17, 15) is 15.0 Å². The van der Waals surface area contributed by atoms with E-state index in [1.807, 2.05) is 30.3 Å². The number of aliphatic hydroxyl groups excluding tert-OH is 1. The summed E-state index contributed by atoms with van der Waals surface area (Å²) in [6.07, 6.45) is 8.42. The molecule has 0 unspecified atom stereocenters. The first-order valence-corrected chi connectivity index (χ1v) is 11.6. The number of carboxylic acids is 1. The Morgan fingerprint density at radius 2 is 2.21 bits per heavy atom. The molecule has 2 N–H and O–H groups in total. The van der Waals surface area contributed by atoms with Crippen LogP contribution in [-0.4, -0.2) is 52.8 Å². The Morgan fingerprint density at radius 3 is 2.97 bits per heavy atom. The van der Waals surface area contributed by atoms with Crippen LogP contribution in [0.3, 0.4) is 0 Å². The lowest BCUT2D eigenvalue weighted by atomic mass is 9.81. The Balaban J connectivity index is 1.34. The molecule has 1 saturated heterocycles. The number of aromatic nitrogens is 1. The number of hydrogen-bond acceptors (Lipinski definition) is 6. The average Bonchev–Trinajstić information content (AvgIpc) is 3.35. The van der Waals surface area contributed by atoms with Crippen LogP contribution in [0.25, 0.3) is 10.9 Å². The number of benzene rings is 1. The van der Waals surface area contributed by atoms with Crippen LogP contribution in [0.15, 0.2) is 53.5 Å². The number of aliphatic carboxylic acids is 1. The Bertz CT molecular complexity index is 1050. The third-order valence-electron chi connectivity index (χ3n) is 6.83. The molecular weight excluding hydrogens is 420 g/mol. The van der Waals surface area contributed by atoms with E-state index in [1.165, 1.54) is 5.56 Å².